The first-order chi connectivity index (χ1) is 16.5. The van der Waals surface area contributed by atoms with E-state index >= 15 is 0 Å². The summed E-state index contributed by atoms with van der Waals surface area (Å²) >= 11 is 0. The molecular formula is C26H30N4O4. The summed E-state index contributed by atoms with van der Waals surface area (Å²) in [6.07, 6.45) is 7.00. The number of para-hydroxylation sites is 1. The topological polar surface area (TPSA) is 94.5 Å². The van der Waals surface area contributed by atoms with Crippen molar-refractivity contribution in [1.29, 1.82) is 0 Å². The van der Waals surface area contributed by atoms with Gasteiger partial charge in [-0.3, -0.25) is 19.0 Å². The third-order valence-corrected chi connectivity index (χ3v) is 6.03. The van der Waals surface area contributed by atoms with Gasteiger partial charge >= 0.3 is 0 Å². The molecule has 34 heavy (non-hydrogen) atoms. The lowest BCUT2D eigenvalue weighted by molar-refractivity contribution is 0.0537. The monoisotopic (exact) mass is 462 g/mol. The standard InChI is InChI=1S/C26H30N4O4/c1-4-5-16-34-22-9-7-6-8-20(22)26(12-13-26)28-23-25(32)30(15-14-27-23)21-17-19(11-10-18(21)2)24(31)29-33-3/h6-11,14-15,17H,4-5,12-13,16H2,1-3H3,(H,27,28)(H,29,31). The van der Waals surface area contributed by atoms with Crippen LogP contribution in [0.15, 0.2) is 59.7 Å². The molecule has 1 aliphatic rings. The van der Waals surface area contributed by atoms with Crippen LogP contribution in [0.4, 0.5) is 5.82 Å². The number of amides is 1. The number of carbonyl (C=O) groups excluding carboxylic acids is 1. The average Bonchev–Trinajstić information content (AvgIpc) is 3.62. The number of anilines is 1. The fourth-order valence-electron chi connectivity index (χ4n) is 3.98. The highest BCUT2D eigenvalue weighted by Gasteiger charge is 2.47. The molecule has 1 aromatic heterocycles. The summed E-state index contributed by atoms with van der Waals surface area (Å²) in [5.74, 6) is 0.709. The van der Waals surface area contributed by atoms with Gasteiger partial charge in [0.15, 0.2) is 5.82 Å². The maximum Gasteiger partial charge on any atom is 0.297 e. The highest BCUT2D eigenvalue weighted by atomic mass is 16.6. The van der Waals surface area contributed by atoms with Crippen LogP contribution in [0.1, 0.15) is 54.1 Å². The van der Waals surface area contributed by atoms with Crippen molar-refractivity contribution in [2.75, 3.05) is 19.0 Å². The molecule has 4 rings (SSSR count). The molecule has 0 spiro atoms. The van der Waals surface area contributed by atoms with Crippen LogP contribution < -0.4 is 21.1 Å². The first-order valence-corrected chi connectivity index (χ1v) is 11.5. The number of aryl methyl sites for hydroxylation is 1. The SMILES string of the molecule is CCCCOc1ccccc1C1(Nc2nccn(-c3cc(C(=O)NOC)ccc3C)c2=O)CC1. The van der Waals surface area contributed by atoms with Crippen molar-refractivity contribution in [3.05, 3.63) is 81.9 Å². The smallest absolute Gasteiger partial charge is 0.297 e. The lowest BCUT2D eigenvalue weighted by Crippen LogP contribution is -2.29. The normalized spacial score (nSPS) is 13.9. The number of unbranched alkanes of at least 4 members (excludes halogenated alkanes) is 1. The minimum atomic E-state index is -0.388. The zero-order valence-electron chi connectivity index (χ0n) is 19.8. The molecule has 8 nitrogen and oxygen atoms in total. The maximum absolute atomic E-state index is 13.4. The Labute approximate surface area is 198 Å². The van der Waals surface area contributed by atoms with Gasteiger partial charge in [-0.05, 0) is 49.9 Å². The third-order valence-electron chi connectivity index (χ3n) is 6.03. The molecule has 0 saturated heterocycles. The average molecular weight is 463 g/mol. The number of hydrogen-bond acceptors (Lipinski definition) is 6. The molecule has 3 aromatic rings. The fraction of sp³-hybridized carbons (Fsp3) is 0.346. The number of nitrogens with one attached hydrogen (secondary N) is 2. The van der Waals surface area contributed by atoms with Gasteiger partial charge in [-0.15, -0.1) is 0 Å². The van der Waals surface area contributed by atoms with E-state index in [1.54, 1.807) is 30.6 Å². The molecule has 0 atom stereocenters. The maximum atomic E-state index is 13.4. The van der Waals surface area contributed by atoms with Crippen molar-refractivity contribution in [3.8, 4) is 11.4 Å². The Morgan fingerprint density at radius 1 is 1.21 bits per heavy atom. The lowest BCUT2D eigenvalue weighted by atomic mass is 10.0. The van der Waals surface area contributed by atoms with E-state index in [1.165, 1.54) is 11.7 Å². The van der Waals surface area contributed by atoms with E-state index in [0.29, 0.717) is 17.9 Å². The van der Waals surface area contributed by atoms with E-state index in [9.17, 15) is 9.59 Å². The first-order valence-electron chi connectivity index (χ1n) is 11.5. The van der Waals surface area contributed by atoms with E-state index in [2.05, 4.69) is 22.7 Å². The number of rotatable bonds is 10. The predicted molar refractivity (Wildman–Crippen MR) is 130 cm³/mol. The fourth-order valence-corrected chi connectivity index (χ4v) is 3.98. The molecule has 0 aliphatic heterocycles. The van der Waals surface area contributed by atoms with Gasteiger partial charge in [0.1, 0.15) is 5.75 Å². The molecule has 0 radical (unpaired) electrons. The van der Waals surface area contributed by atoms with Crippen LogP contribution in [0.3, 0.4) is 0 Å². The predicted octanol–water partition coefficient (Wildman–Crippen LogP) is 4.11. The van der Waals surface area contributed by atoms with Gasteiger partial charge in [0.2, 0.25) is 0 Å². The number of hydroxylamine groups is 1. The van der Waals surface area contributed by atoms with Crippen molar-refractivity contribution < 1.29 is 14.4 Å². The zero-order valence-corrected chi connectivity index (χ0v) is 19.8. The Bertz CT molecular complexity index is 1230. The quantitative estimate of drug-likeness (QED) is 0.348. The molecule has 8 heteroatoms. The molecule has 178 valence electrons. The van der Waals surface area contributed by atoms with Crippen LogP contribution >= 0.6 is 0 Å². The van der Waals surface area contributed by atoms with Gasteiger partial charge in [0, 0.05) is 23.5 Å². The van der Waals surface area contributed by atoms with Crippen LogP contribution in [0.25, 0.3) is 5.69 Å². The molecule has 1 saturated carbocycles. The molecule has 0 unspecified atom stereocenters. The molecule has 1 aliphatic carbocycles. The lowest BCUT2D eigenvalue weighted by Gasteiger charge is -2.22. The summed E-state index contributed by atoms with van der Waals surface area (Å²) in [6.45, 7) is 4.68. The highest BCUT2D eigenvalue weighted by Crippen LogP contribution is 2.50. The van der Waals surface area contributed by atoms with E-state index in [-0.39, 0.29) is 22.8 Å². The number of nitrogens with zero attached hydrogens (tertiary/aromatic N) is 2. The highest BCUT2D eigenvalue weighted by molar-refractivity contribution is 5.94. The second kappa shape index (κ2) is 10.1. The number of carbonyl (C=O) groups is 1. The second-order valence-electron chi connectivity index (χ2n) is 8.49. The minimum Gasteiger partial charge on any atom is -0.493 e. The summed E-state index contributed by atoms with van der Waals surface area (Å²) in [4.78, 5) is 34.7. The summed E-state index contributed by atoms with van der Waals surface area (Å²) in [5.41, 5.74) is 4.51. The Balaban J connectivity index is 1.65. The van der Waals surface area contributed by atoms with Gasteiger partial charge in [-0.25, -0.2) is 10.5 Å². The Morgan fingerprint density at radius 2 is 2.00 bits per heavy atom. The molecule has 0 bridgehead atoms. The molecular weight excluding hydrogens is 432 g/mol. The van der Waals surface area contributed by atoms with E-state index in [1.807, 2.05) is 31.2 Å². The zero-order chi connectivity index (χ0) is 24.1. The summed E-state index contributed by atoms with van der Waals surface area (Å²) in [5, 5.41) is 3.41. The number of benzene rings is 2. The van der Waals surface area contributed by atoms with E-state index in [4.69, 9.17) is 9.57 Å². The van der Waals surface area contributed by atoms with Gasteiger partial charge in [-0.1, -0.05) is 37.6 Å². The van der Waals surface area contributed by atoms with Crippen molar-refractivity contribution >= 4 is 11.7 Å². The Hall–Kier alpha value is -3.65. The van der Waals surface area contributed by atoms with Crippen molar-refractivity contribution in [3.63, 3.8) is 0 Å². The van der Waals surface area contributed by atoms with E-state index in [0.717, 1.165) is 42.6 Å². The Morgan fingerprint density at radius 3 is 2.74 bits per heavy atom. The van der Waals surface area contributed by atoms with Crippen LogP contribution in [0.5, 0.6) is 5.75 Å². The third kappa shape index (κ3) is 4.82. The van der Waals surface area contributed by atoms with Crippen molar-refractivity contribution in [2.24, 2.45) is 0 Å². The van der Waals surface area contributed by atoms with Gasteiger partial charge < -0.3 is 10.1 Å². The summed E-state index contributed by atoms with van der Waals surface area (Å²) in [7, 11) is 1.37. The summed E-state index contributed by atoms with van der Waals surface area (Å²) < 4.78 is 7.55. The number of aromatic nitrogens is 2. The van der Waals surface area contributed by atoms with Crippen LogP contribution in [0, 0.1) is 6.92 Å². The van der Waals surface area contributed by atoms with Crippen LogP contribution in [-0.4, -0.2) is 29.2 Å². The van der Waals surface area contributed by atoms with Crippen LogP contribution in [0.2, 0.25) is 0 Å². The molecule has 1 amide bonds. The number of hydrogen-bond donors (Lipinski definition) is 2. The Kier molecular flexibility index (Phi) is 6.98. The van der Waals surface area contributed by atoms with Crippen LogP contribution in [-0.2, 0) is 10.4 Å². The van der Waals surface area contributed by atoms with Gasteiger partial charge in [-0.2, -0.15) is 0 Å². The van der Waals surface area contributed by atoms with E-state index < -0.39 is 0 Å². The molecule has 1 heterocycles. The van der Waals surface area contributed by atoms with Crippen molar-refractivity contribution in [2.45, 2.75) is 45.1 Å². The van der Waals surface area contributed by atoms with Gasteiger partial charge in [0.25, 0.3) is 11.5 Å². The minimum absolute atomic E-state index is 0.259. The summed E-state index contributed by atoms with van der Waals surface area (Å²) in [6, 6.07) is 13.1. The second-order valence-corrected chi connectivity index (χ2v) is 8.49. The van der Waals surface area contributed by atoms with Gasteiger partial charge in [0.05, 0.1) is 24.9 Å². The first kappa shape index (κ1) is 23.5. The molecule has 1 fully saturated rings. The largest absolute Gasteiger partial charge is 0.493 e. The van der Waals surface area contributed by atoms with Crippen molar-refractivity contribution in [1.82, 2.24) is 15.0 Å². The molecule has 2 N–H and O–H groups in total. The number of ether oxygens (including phenoxy) is 1. The molecule has 2 aromatic carbocycles.